The van der Waals surface area contributed by atoms with Gasteiger partial charge in [0.05, 0.1) is 14.2 Å². The fraction of sp³-hybridized carbons (Fsp3) is 0.750. The summed E-state index contributed by atoms with van der Waals surface area (Å²) >= 11 is 0. The van der Waals surface area contributed by atoms with Crippen LogP contribution in [0.15, 0.2) is 12.1 Å². The second kappa shape index (κ2) is 6.46. The summed E-state index contributed by atoms with van der Waals surface area (Å²) in [6, 6.07) is 4.24. The highest BCUT2D eigenvalue weighted by molar-refractivity contribution is 5.51. The molecule has 0 spiro atoms. The molecule has 0 aromatic heterocycles. The van der Waals surface area contributed by atoms with Crippen molar-refractivity contribution in [2.45, 2.75) is 79.1 Å². The van der Waals surface area contributed by atoms with Gasteiger partial charge in [-0.25, -0.2) is 0 Å². The molecule has 4 unspecified atom stereocenters. The van der Waals surface area contributed by atoms with Crippen LogP contribution in [0.1, 0.15) is 77.8 Å². The van der Waals surface area contributed by atoms with Gasteiger partial charge >= 0.3 is 0 Å². The van der Waals surface area contributed by atoms with E-state index in [-0.39, 0.29) is 5.41 Å². The maximum atomic E-state index is 5.87. The highest BCUT2D eigenvalue weighted by atomic mass is 16.5. The molecule has 1 aromatic carbocycles. The van der Waals surface area contributed by atoms with Crippen molar-refractivity contribution < 1.29 is 9.47 Å². The molecular weight excluding hydrogens is 320 g/mol. The van der Waals surface area contributed by atoms with Gasteiger partial charge in [-0.1, -0.05) is 41.0 Å². The van der Waals surface area contributed by atoms with Crippen LogP contribution in [0.2, 0.25) is 0 Å². The summed E-state index contributed by atoms with van der Waals surface area (Å²) in [7, 11) is 3.53. The van der Waals surface area contributed by atoms with Crippen molar-refractivity contribution in [1.82, 2.24) is 0 Å². The van der Waals surface area contributed by atoms with Crippen molar-refractivity contribution in [3.63, 3.8) is 0 Å². The molecule has 26 heavy (non-hydrogen) atoms. The van der Waals surface area contributed by atoms with Gasteiger partial charge in [-0.05, 0) is 72.3 Å². The number of hydrogen-bond acceptors (Lipinski definition) is 2. The molecule has 0 radical (unpaired) electrons. The van der Waals surface area contributed by atoms with Crippen LogP contribution in [0.25, 0.3) is 0 Å². The largest absolute Gasteiger partial charge is 0.497 e. The Balaban J connectivity index is 2.10. The molecule has 146 valence electrons. The van der Waals surface area contributed by atoms with Crippen LogP contribution < -0.4 is 9.47 Å². The summed E-state index contributed by atoms with van der Waals surface area (Å²) < 4.78 is 11.4. The van der Waals surface area contributed by atoms with Crippen LogP contribution in [0.4, 0.5) is 0 Å². The molecule has 4 atom stereocenters. The van der Waals surface area contributed by atoms with Crippen LogP contribution in [0.3, 0.4) is 0 Å². The van der Waals surface area contributed by atoms with Crippen molar-refractivity contribution in [3.8, 4) is 11.5 Å². The highest BCUT2D eigenvalue weighted by Gasteiger charge is 2.57. The molecule has 2 heteroatoms. The van der Waals surface area contributed by atoms with Crippen molar-refractivity contribution in [1.29, 1.82) is 0 Å². The first-order chi connectivity index (χ1) is 12.1. The van der Waals surface area contributed by atoms with Gasteiger partial charge < -0.3 is 9.47 Å². The topological polar surface area (TPSA) is 18.5 Å². The Morgan fingerprint density at radius 3 is 2.27 bits per heavy atom. The number of aryl methyl sites for hydroxylation is 1. The van der Waals surface area contributed by atoms with Crippen LogP contribution in [-0.4, -0.2) is 14.2 Å². The van der Waals surface area contributed by atoms with Gasteiger partial charge in [-0.15, -0.1) is 0 Å². The van der Waals surface area contributed by atoms with E-state index < -0.39 is 0 Å². The summed E-state index contributed by atoms with van der Waals surface area (Å²) in [5.41, 5.74) is 3.69. The van der Waals surface area contributed by atoms with Gasteiger partial charge in [0.2, 0.25) is 0 Å². The quantitative estimate of drug-likeness (QED) is 0.611. The number of hydrogen-bond donors (Lipinski definition) is 0. The minimum absolute atomic E-state index is 0.139. The second-order valence-electron chi connectivity index (χ2n) is 10.1. The molecular formula is C24H38O2. The average molecular weight is 359 g/mol. The van der Waals surface area contributed by atoms with E-state index in [1.54, 1.807) is 14.2 Å². The van der Waals surface area contributed by atoms with Gasteiger partial charge in [0.15, 0.2) is 0 Å². The van der Waals surface area contributed by atoms with E-state index in [4.69, 9.17) is 9.47 Å². The summed E-state index contributed by atoms with van der Waals surface area (Å²) in [5, 5.41) is 0. The molecule has 3 rings (SSSR count). The van der Waals surface area contributed by atoms with Gasteiger partial charge in [0, 0.05) is 11.6 Å². The third-order valence-corrected chi connectivity index (χ3v) is 8.47. The monoisotopic (exact) mass is 358 g/mol. The molecule has 0 N–H and O–H groups in total. The number of benzene rings is 1. The fourth-order valence-corrected chi connectivity index (χ4v) is 6.87. The molecule has 0 aliphatic heterocycles. The molecule has 0 heterocycles. The third kappa shape index (κ3) is 2.75. The maximum absolute atomic E-state index is 5.87. The molecule has 2 aliphatic rings. The molecule has 0 bridgehead atoms. The summed E-state index contributed by atoms with van der Waals surface area (Å²) in [5.74, 6) is 3.32. The smallest absolute Gasteiger partial charge is 0.126 e. The van der Waals surface area contributed by atoms with E-state index in [0.717, 1.165) is 17.4 Å². The number of fused-ring (bicyclic) bond motifs is 1. The van der Waals surface area contributed by atoms with Gasteiger partial charge in [0.1, 0.15) is 11.5 Å². The number of ether oxygens (including phenoxy) is 2. The normalized spacial score (nSPS) is 36.3. The SMILES string of the molecule is COc1cc(C)c(C2(C)CCC3C(C)(C)CCCC3(C)C2C)c(OC)c1. The van der Waals surface area contributed by atoms with Gasteiger partial charge in [-0.2, -0.15) is 0 Å². The minimum atomic E-state index is 0.139. The Morgan fingerprint density at radius 2 is 1.65 bits per heavy atom. The van der Waals surface area contributed by atoms with Gasteiger partial charge in [0.25, 0.3) is 0 Å². The van der Waals surface area contributed by atoms with Crippen LogP contribution in [-0.2, 0) is 5.41 Å². The van der Waals surface area contributed by atoms with E-state index in [1.807, 2.05) is 0 Å². The average Bonchev–Trinajstić information content (AvgIpc) is 2.57. The zero-order valence-corrected chi connectivity index (χ0v) is 18.2. The fourth-order valence-electron chi connectivity index (χ4n) is 6.87. The van der Waals surface area contributed by atoms with Crippen LogP contribution in [0.5, 0.6) is 11.5 Å². The van der Waals surface area contributed by atoms with Crippen LogP contribution in [0, 0.1) is 29.6 Å². The van der Waals surface area contributed by atoms with Crippen molar-refractivity contribution in [2.75, 3.05) is 14.2 Å². The van der Waals surface area contributed by atoms with Crippen molar-refractivity contribution in [3.05, 3.63) is 23.3 Å². The Kier molecular flexibility index (Phi) is 4.86. The predicted molar refractivity (Wildman–Crippen MR) is 109 cm³/mol. The number of methoxy groups -OCH3 is 2. The zero-order valence-electron chi connectivity index (χ0n) is 18.2. The van der Waals surface area contributed by atoms with E-state index in [9.17, 15) is 0 Å². The number of rotatable bonds is 3. The lowest BCUT2D eigenvalue weighted by Gasteiger charge is -2.62. The Morgan fingerprint density at radius 1 is 0.962 bits per heavy atom. The Bertz CT molecular complexity index is 677. The first-order valence-corrected chi connectivity index (χ1v) is 10.3. The summed E-state index contributed by atoms with van der Waals surface area (Å²) in [6.07, 6.45) is 6.65. The van der Waals surface area contributed by atoms with Crippen LogP contribution >= 0.6 is 0 Å². The van der Waals surface area contributed by atoms with Crippen molar-refractivity contribution >= 4 is 0 Å². The first-order valence-electron chi connectivity index (χ1n) is 10.3. The zero-order chi connectivity index (χ0) is 19.3. The molecule has 1 aromatic rings. The molecule has 2 fully saturated rings. The van der Waals surface area contributed by atoms with E-state index in [2.05, 4.69) is 53.7 Å². The third-order valence-electron chi connectivity index (χ3n) is 8.47. The summed E-state index contributed by atoms with van der Waals surface area (Å²) in [6.45, 7) is 14.8. The predicted octanol–water partition coefficient (Wildman–Crippen LogP) is 6.53. The lowest BCUT2D eigenvalue weighted by Crippen LogP contribution is -2.55. The first kappa shape index (κ1) is 19.6. The summed E-state index contributed by atoms with van der Waals surface area (Å²) in [4.78, 5) is 0. The standard InChI is InChI=1S/C24H38O2/c1-16-14-18(25-7)15-19(26-8)21(16)24(6)13-10-20-22(3,4)11-9-12-23(20,5)17(24)2/h14-15,17,20H,9-13H2,1-8H3. The van der Waals surface area contributed by atoms with E-state index in [0.29, 0.717) is 16.7 Å². The second-order valence-corrected chi connectivity index (χ2v) is 10.1. The Hall–Kier alpha value is -1.18. The molecule has 0 amide bonds. The molecule has 2 saturated carbocycles. The Labute approximate surface area is 160 Å². The van der Waals surface area contributed by atoms with E-state index in [1.165, 1.54) is 43.2 Å². The van der Waals surface area contributed by atoms with Gasteiger partial charge in [-0.3, -0.25) is 0 Å². The molecule has 0 saturated heterocycles. The maximum Gasteiger partial charge on any atom is 0.126 e. The highest BCUT2D eigenvalue weighted by Crippen LogP contribution is 2.65. The van der Waals surface area contributed by atoms with E-state index >= 15 is 0 Å². The minimum Gasteiger partial charge on any atom is -0.497 e. The lowest BCUT2D eigenvalue weighted by atomic mass is 9.43. The lowest BCUT2D eigenvalue weighted by molar-refractivity contribution is -0.0981. The molecule has 2 aliphatic carbocycles. The van der Waals surface area contributed by atoms with Crippen molar-refractivity contribution in [2.24, 2.45) is 22.7 Å². The molecule has 2 nitrogen and oxygen atoms in total.